The normalized spacial score (nSPS) is 26.9. The van der Waals surface area contributed by atoms with Crippen molar-refractivity contribution >= 4 is 12.2 Å². The minimum Gasteiger partial charge on any atom is -0.481 e. The molecule has 2 atom stereocenters. The number of unbranched alkanes of at least 4 members (excludes halogenated alkanes) is 2. The first-order valence-electron chi connectivity index (χ1n) is 5.90. The Morgan fingerprint density at radius 2 is 2.19 bits per heavy atom. The minimum atomic E-state index is -0.743. The molecule has 4 heteroatoms. The third-order valence-electron chi connectivity index (χ3n) is 3.31. The Morgan fingerprint density at radius 1 is 1.50 bits per heavy atom. The van der Waals surface area contributed by atoms with Crippen LogP contribution in [0.2, 0.25) is 0 Å². The lowest BCUT2D eigenvalue weighted by Crippen LogP contribution is -2.03. The van der Waals surface area contributed by atoms with Crippen molar-refractivity contribution in [2.45, 2.75) is 40.0 Å². The highest BCUT2D eigenvalue weighted by Crippen LogP contribution is 2.57. The Morgan fingerprint density at radius 3 is 2.69 bits per heavy atom. The molecule has 1 N–H and O–H groups in total. The maximum absolute atomic E-state index is 10.9. The van der Waals surface area contributed by atoms with Gasteiger partial charge in [0.15, 0.2) is 0 Å². The molecule has 16 heavy (non-hydrogen) atoms. The standard InChI is InChI=1S/C12H21NO3/c1-4-5-6-7-16-13-8-9-10(11(14)15)12(9,2)3/h8-10H,4-7H2,1-3H3,(H,14,15)/t9-,10+/m1/s1. The van der Waals surface area contributed by atoms with E-state index in [1.165, 1.54) is 0 Å². The fraction of sp³-hybridized carbons (Fsp3) is 0.833. The third kappa shape index (κ3) is 2.97. The van der Waals surface area contributed by atoms with Gasteiger partial charge in [0.2, 0.25) is 0 Å². The summed E-state index contributed by atoms with van der Waals surface area (Å²) in [6.07, 6.45) is 4.95. The number of aliphatic carboxylic acids is 1. The van der Waals surface area contributed by atoms with E-state index >= 15 is 0 Å². The highest BCUT2D eigenvalue weighted by molar-refractivity contribution is 5.84. The molecule has 0 aromatic rings. The molecule has 4 nitrogen and oxygen atoms in total. The van der Waals surface area contributed by atoms with Crippen LogP contribution in [0.1, 0.15) is 40.0 Å². The van der Waals surface area contributed by atoms with E-state index in [0.717, 1.165) is 19.3 Å². The number of hydrogen-bond donors (Lipinski definition) is 1. The smallest absolute Gasteiger partial charge is 0.307 e. The molecule has 0 unspecified atom stereocenters. The van der Waals surface area contributed by atoms with Gasteiger partial charge in [-0.1, -0.05) is 38.8 Å². The van der Waals surface area contributed by atoms with Gasteiger partial charge in [-0.2, -0.15) is 0 Å². The Hall–Kier alpha value is -1.06. The SMILES string of the molecule is CCCCCON=C[C@@H]1[C@@H](C(=O)O)C1(C)C. The van der Waals surface area contributed by atoms with Gasteiger partial charge in [0.1, 0.15) is 6.61 Å². The van der Waals surface area contributed by atoms with E-state index in [-0.39, 0.29) is 17.3 Å². The molecule has 0 amide bonds. The van der Waals surface area contributed by atoms with Crippen LogP contribution in [0, 0.1) is 17.3 Å². The van der Waals surface area contributed by atoms with Crippen LogP contribution in [0.4, 0.5) is 0 Å². The van der Waals surface area contributed by atoms with Crippen LogP contribution in [0.5, 0.6) is 0 Å². The van der Waals surface area contributed by atoms with Crippen LogP contribution < -0.4 is 0 Å². The maximum Gasteiger partial charge on any atom is 0.307 e. The molecular weight excluding hydrogens is 206 g/mol. The van der Waals surface area contributed by atoms with Crippen LogP contribution in [-0.4, -0.2) is 23.9 Å². The van der Waals surface area contributed by atoms with Crippen molar-refractivity contribution in [1.82, 2.24) is 0 Å². The topological polar surface area (TPSA) is 58.9 Å². The van der Waals surface area contributed by atoms with Crippen molar-refractivity contribution in [1.29, 1.82) is 0 Å². The number of rotatable bonds is 7. The van der Waals surface area contributed by atoms with Gasteiger partial charge in [0.25, 0.3) is 0 Å². The molecule has 1 aliphatic carbocycles. The van der Waals surface area contributed by atoms with E-state index in [0.29, 0.717) is 6.61 Å². The van der Waals surface area contributed by atoms with E-state index < -0.39 is 5.97 Å². The summed E-state index contributed by atoms with van der Waals surface area (Å²) < 4.78 is 0. The third-order valence-corrected chi connectivity index (χ3v) is 3.31. The summed E-state index contributed by atoms with van der Waals surface area (Å²) in [7, 11) is 0. The van der Waals surface area contributed by atoms with Crippen molar-refractivity contribution in [3.8, 4) is 0 Å². The Labute approximate surface area is 96.7 Å². The van der Waals surface area contributed by atoms with Crippen LogP contribution in [0.25, 0.3) is 0 Å². The first kappa shape index (κ1) is 13.0. The molecule has 0 saturated heterocycles. The zero-order valence-corrected chi connectivity index (χ0v) is 10.3. The van der Waals surface area contributed by atoms with Crippen LogP contribution >= 0.6 is 0 Å². The monoisotopic (exact) mass is 227 g/mol. The maximum atomic E-state index is 10.9. The number of nitrogens with zero attached hydrogens (tertiary/aromatic N) is 1. The molecule has 0 bridgehead atoms. The zero-order valence-electron chi connectivity index (χ0n) is 10.3. The average Bonchev–Trinajstić information content (AvgIpc) is 2.74. The van der Waals surface area contributed by atoms with E-state index in [1.807, 2.05) is 13.8 Å². The van der Waals surface area contributed by atoms with Gasteiger partial charge >= 0.3 is 5.97 Å². The zero-order chi connectivity index (χ0) is 12.2. The van der Waals surface area contributed by atoms with E-state index in [2.05, 4.69) is 12.1 Å². The fourth-order valence-corrected chi connectivity index (χ4v) is 2.01. The molecule has 92 valence electrons. The quantitative estimate of drug-likeness (QED) is 0.413. The summed E-state index contributed by atoms with van der Waals surface area (Å²) >= 11 is 0. The summed E-state index contributed by atoms with van der Waals surface area (Å²) in [6.45, 7) is 6.64. The second-order valence-electron chi connectivity index (χ2n) is 4.96. The summed E-state index contributed by atoms with van der Waals surface area (Å²) in [5.74, 6) is -1.04. The summed E-state index contributed by atoms with van der Waals surface area (Å²) in [5.41, 5.74) is -0.178. The second kappa shape index (κ2) is 5.32. The highest BCUT2D eigenvalue weighted by Gasteiger charge is 2.61. The van der Waals surface area contributed by atoms with Crippen LogP contribution in [-0.2, 0) is 9.63 Å². The predicted molar refractivity (Wildman–Crippen MR) is 62.4 cm³/mol. The van der Waals surface area contributed by atoms with Gasteiger partial charge in [0, 0.05) is 12.1 Å². The van der Waals surface area contributed by atoms with E-state index in [9.17, 15) is 4.79 Å². The largest absolute Gasteiger partial charge is 0.481 e. The van der Waals surface area contributed by atoms with Gasteiger partial charge in [-0.15, -0.1) is 0 Å². The lowest BCUT2D eigenvalue weighted by molar-refractivity contribution is -0.139. The second-order valence-corrected chi connectivity index (χ2v) is 4.96. The first-order valence-corrected chi connectivity index (χ1v) is 5.90. The molecule has 1 aliphatic rings. The van der Waals surface area contributed by atoms with E-state index in [4.69, 9.17) is 9.94 Å². The fourth-order valence-electron chi connectivity index (χ4n) is 2.01. The molecule has 1 rings (SSSR count). The van der Waals surface area contributed by atoms with Crippen molar-refractivity contribution in [2.24, 2.45) is 22.4 Å². The number of oxime groups is 1. The molecule has 0 aromatic heterocycles. The number of carboxylic acids is 1. The molecule has 0 spiro atoms. The van der Waals surface area contributed by atoms with Crippen LogP contribution in [0.3, 0.4) is 0 Å². The average molecular weight is 227 g/mol. The lowest BCUT2D eigenvalue weighted by atomic mass is 10.1. The Balaban J connectivity index is 2.23. The molecule has 0 radical (unpaired) electrons. The van der Waals surface area contributed by atoms with Crippen molar-refractivity contribution < 1.29 is 14.7 Å². The summed E-state index contributed by atoms with van der Waals surface area (Å²) in [4.78, 5) is 15.9. The first-order chi connectivity index (χ1) is 7.51. The van der Waals surface area contributed by atoms with Crippen LogP contribution in [0.15, 0.2) is 5.16 Å². The summed E-state index contributed by atoms with van der Waals surface area (Å²) in [5, 5.41) is 12.8. The molecular formula is C12H21NO3. The van der Waals surface area contributed by atoms with Crippen molar-refractivity contribution in [3.05, 3.63) is 0 Å². The molecule has 0 aliphatic heterocycles. The molecule has 1 saturated carbocycles. The Kier molecular flexibility index (Phi) is 4.33. The number of carbonyl (C=O) groups is 1. The van der Waals surface area contributed by atoms with Gasteiger partial charge in [0.05, 0.1) is 5.92 Å². The predicted octanol–water partition coefficient (Wildman–Crippen LogP) is 2.54. The van der Waals surface area contributed by atoms with Crippen molar-refractivity contribution in [2.75, 3.05) is 6.61 Å². The Bertz CT molecular complexity index is 273. The van der Waals surface area contributed by atoms with Gasteiger partial charge in [-0.3, -0.25) is 4.79 Å². The van der Waals surface area contributed by atoms with Gasteiger partial charge in [-0.05, 0) is 11.8 Å². The highest BCUT2D eigenvalue weighted by atomic mass is 16.6. The summed E-state index contributed by atoms with van der Waals surface area (Å²) in [6, 6.07) is 0. The molecule has 0 aromatic carbocycles. The number of hydrogen-bond acceptors (Lipinski definition) is 3. The van der Waals surface area contributed by atoms with Crippen molar-refractivity contribution in [3.63, 3.8) is 0 Å². The lowest BCUT2D eigenvalue weighted by Gasteiger charge is -1.98. The minimum absolute atomic E-state index is 0.0103. The molecule has 0 heterocycles. The van der Waals surface area contributed by atoms with Gasteiger partial charge < -0.3 is 9.94 Å². The van der Waals surface area contributed by atoms with E-state index in [1.54, 1.807) is 6.21 Å². The molecule has 1 fully saturated rings. The van der Waals surface area contributed by atoms with Gasteiger partial charge in [-0.25, -0.2) is 0 Å². The number of carboxylic acid groups (broad SMARTS) is 1.